The lowest BCUT2D eigenvalue weighted by molar-refractivity contribution is -0.121. The molecule has 0 bridgehead atoms. The molecule has 6 nitrogen and oxygen atoms in total. The highest BCUT2D eigenvalue weighted by molar-refractivity contribution is 6.21. The maximum absolute atomic E-state index is 12.9. The molecule has 2 heterocycles. The van der Waals surface area contributed by atoms with Gasteiger partial charge in [0, 0.05) is 18.4 Å². The van der Waals surface area contributed by atoms with Crippen LogP contribution in [-0.2, 0) is 4.79 Å². The van der Waals surface area contributed by atoms with E-state index >= 15 is 0 Å². The zero-order valence-corrected chi connectivity index (χ0v) is 18.1. The largest absolute Gasteiger partial charge is 0.459 e. The Morgan fingerprint density at radius 2 is 1.64 bits per heavy atom. The Labute approximate surface area is 190 Å². The Morgan fingerprint density at radius 3 is 2.42 bits per heavy atom. The van der Waals surface area contributed by atoms with Crippen molar-refractivity contribution < 1.29 is 18.8 Å². The summed E-state index contributed by atoms with van der Waals surface area (Å²) in [5.41, 5.74) is 3.30. The molecule has 6 heteroatoms. The number of para-hydroxylation sites is 1. The van der Waals surface area contributed by atoms with E-state index in [2.05, 4.69) is 5.32 Å². The molecule has 0 aliphatic carbocycles. The van der Waals surface area contributed by atoms with E-state index in [-0.39, 0.29) is 30.7 Å². The average Bonchev–Trinajstić information content (AvgIpc) is 3.35. The molecular weight excluding hydrogens is 416 g/mol. The number of fused-ring (bicyclic) bond motifs is 2. The summed E-state index contributed by atoms with van der Waals surface area (Å²) in [6.07, 6.45) is -0.00594. The van der Waals surface area contributed by atoms with Gasteiger partial charge in [0.2, 0.25) is 5.91 Å². The van der Waals surface area contributed by atoms with Crippen molar-refractivity contribution in [1.82, 2.24) is 10.2 Å². The molecule has 5 rings (SSSR count). The van der Waals surface area contributed by atoms with Gasteiger partial charge in [-0.2, -0.15) is 0 Å². The van der Waals surface area contributed by atoms with E-state index < -0.39 is 6.04 Å². The maximum Gasteiger partial charge on any atom is 0.261 e. The van der Waals surface area contributed by atoms with Gasteiger partial charge < -0.3 is 9.73 Å². The van der Waals surface area contributed by atoms with E-state index in [4.69, 9.17) is 4.42 Å². The second-order valence-corrected chi connectivity index (χ2v) is 8.16. The molecule has 0 saturated heterocycles. The second-order valence-electron chi connectivity index (χ2n) is 8.16. The summed E-state index contributed by atoms with van der Waals surface area (Å²) in [6, 6.07) is 23.8. The van der Waals surface area contributed by atoms with Gasteiger partial charge in [0.25, 0.3) is 11.8 Å². The minimum atomic E-state index is -0.490. The number of carbonyl (C=O) groups is 3. The predicted molar refractivity (Wildman–Crippen MR) is 124 cm³/mol. The van der Waals surface area contributed by atoms with Crippen molar-refractivity contribution in [3.05, 3.63) is 107 Å². The number of furan rings is 1. The molecular formula is C27H22N2O4. The van der Waals surface area contributed by atoms with Crippen molar-refractivity contribution in [3.8, 4) is 0 Å². The fraction of sp³-hybridized carbons (Fsp3) is 0.148. The summed E-state index contributed by atoms with van der Waals surface area (Å²) in [4.78, 5) is 39.4. The van der Waals surface area contributed by atoms with E-state index in [1.807, 2.05) is 67.6 Å². The van der Waals surface area contributed by atoms with Crippen LogP contribution in [0.5, 0.6) is 0 Å². The molecule has 33 heavy (non-hydrogen) atoms. The first-order valence-corrected chi connectivity index (χ1v) is 10.8. The van der Waals surface area contributed by atoms with Crippen LogP contribution in [0.4, 0.5) is 0 Å². The first kappa shape index (κ1) is 20.7. The zero-order chi connectivity index (χ0) is 22.9. The number of nitrogens with zero attached hydrogens (tertiary/aromatic N) is 1. The number of benzene rings is 3. The molecule has 0 fully saturated rings. The summed E-state index contributed by atoms with van der Waals surface area (Å²) < 4.78 is 6.02. The minimum absolute atomic E-state index is 0.00594. The lowest BCUT2D eigenvalue weighted by Crippen LogP contribution is -2.36. The molecule has 0 saturated carbocycles. The number of nitrogens with one attached hydrogen (secondary N) is 1. The molecule has 0 spiro atoms. The standard InChI is InChI=1S/C27H22N2O4/c1-17-11-12-20-21(15-17)27(32)29(26(20)31)14-13-24(30)28-25(18-7-3-2-4-8-18)23-16-19-9-5-6-10-22(19)33-23/h2-12,15-16,25H,13-14H2,1H3,(H,28,30). The van der Waals surface area contributed by atoms with Crippen molar-refractivity contribution in [3.63, 3.8) is 0 Å². The van der Waals surface area contributed by atoms with E-state index in [1.165, 1.54) is 0 Å². The Kier molecular flexibility index (Phi) is 5.26. The topological polar surface area (TPSA) is 79.6 Å². The molecule has 1 atom stereocenters. The molecule has 4 aromatic rings. The van der Waals surface area contributed by atoms with Gasteiger partial charge >= 0.3 is 0 Å². The van der Waals surface area contributed by atoms with Gasteiger partial charge in [-0.3, -0.25) is 19.3 Å². The van der Waals surface area contributed by atoms with Gasteiger partial charge in [-0.15, -0.1) is 0 Å². The van der Waals surface area contributed by atoms with E-state index in [0.29, 0.717) is 16.9 Å². The van der Waals surface area contributed by atoms with Crippen LogP contribution in [0, 0.1) is 6.92 Å². The van der Waals surface area contributed by atoms with E-state index in [1.54, 1.807) is 18.2 Å². The lowest BCUT2D eigenvalue weighted by atomic mass is 10.0. The molecule has 3 amide bonds. The van der Waals surface area contributed by atoms with Gasteiger partial charge in [0.15, 0.2) is 0 Å². The first-order valence-electron chi connectivity index (χ1n) is 10.8. The maximum atomic E-state index is 12.9. The van der Waals surface area contributed by atoms with Crippen LogP contribution in [0.3, 0.4) is 0 Å². The third-order valence-electron chi connectivity index (χ3n) is 5.86. The van der Waals surface area contributed by atoms with Gasteiger partial charge in [0.05, 0.1) is 11.1 Å². The summed E-state index contributed by atoms with van der Waals surface area (Å²) in [5.74, 6) is -0.382. The Bertz CT molecular complexity index is 1340. The number of aryl methyl sites for hydroxylation is 1. The highest BCUT2D eigenvalue weighted by atomic mass is 16.3. The van der Waals surface area contributed by atoms with Gasteiger partial charge in [-0.05, 0) is 36.8 Å². The van der Waals surface area contributed by atoms with Crippen LogP contribution in [0.1, 0.15) is 50.1 Å². The number of carbonyl (C=O) groups excluding carboxylic acids is 3. The molecule has 0 radical (unpaired) electrons. The smallest absolute Gasteiger partial charge is 0.261 e. The van der Waals surface area contributed by atoms with Crippen LogP contribution in [0.15, 0.2) is 83.3 Å². The lowest BCUT2D eigenvalue weighted by Gasteiger charge is -2.19. The third kappa shape index (κ3) is 3.91. The molecule has 1 unspecified atom stereocenters. The minimum Gasteiger partial charge on any atom is -0.459 e. The van der Waals surface area contributed by atoms with Crippen LogP contribution < -0.4 is 5.32 Å². The molecule has 164 valence electrons. The van der Waals surface area contributed by atoms with Gasteiger partial charge in [0.1, 0.15) is 17.4 Å². The molecule has 3 aromatic carbocycles. The molecule has 1 N–H and O–H groups in total. The average molecular weight is 438 g/mol. The van der Waals surface area contributed by atoms with Crippen molar-refractivity contribution in [2.75, 3.05) is 6.54 Å². The normalized spacial score (nSPS) is 13.9. The Hall–Kier alpha value is -4.19. The number of hydrogen-bond donors (Lipinski definition) is 1. The fourth-order valence-corrected chi connectivity index (χ4v) is 4.16. The van der Waals surface area contributed by atoms with Crippen molar-refractivity contribution in [2.24, 2.45) is 0 Å². The summed E-state index contributed by atoms with van der Waals surface area (Å²) in [6.45, 7) is 1.88. The highest BCUT2D eigenvalue weighted by Crippen LogP contribution is 2.29. The Balaban J connectivity index is 1.33. The zero-order valence-electron chi connectivity index (χ0n) is 18.1. The predicted octanol–water partition coefficient (Wildman–Crippen LogP) is 4.63. The van der Waals surface area contributed by atoms with Crippen molar-refractivity contribution >= 4 is 28.7 Å². The van der Waals surface area contributed by atoms with E-state index in [9.17, 15) is 14.4 Å². The number of hydrogen-bond acceptors (Lipinski definition) is 4. The number of imide groups is 1. The molecule has 1 aliphatic heterocycles. The quantitative estimate of drug-likeness (QED) is 0.445. The van der Waals surface area contributed by atoms with Gasteiger partial charge in [-0.25, -0.2) is 0 Å². The van der Waals surface area contributed by atoms with Crippen molar-refractivity contribution in [1.29, 1.82) is 0 Å². The monoisotopic (exact) mass is 438 g/mol. The third-order valence-corrected chi connectivity index (χ3v) is 5.86. The first-order chi connectivity index (χ1) is 16.0. The highest BCUT2D eigenvalue weighted by Gasteiger charge is 2.35. The van der Waals surface area contributed by atoms with E-state index in [0.717, 1.165) is 27.0 Å². The fourth-order valence-electron chi connectivity index (χ4n) is 4.16. The van der Waals surface area contributed by atoms with Crippen LogP contribution in [0.25, 0.3) is 11.0 Å². The molecule has 1 aliphatic rings. The summed E-state index contributed by atoms with van der Waals surface area (Å²) >= 11 is 0. The van der Waals surface area contributed by atoms with Crippen molar-refractivity contribution in [2.45, 2.75) is 19.4 Å². The van der Waals surface area contributed by atoms with Crippen LogP contribution in [0.2, 0.25) is 0 Å². The SMILES string of the molecule is Cc1ccc2c(c1)C(=O)N(CCC(=O)NC(c1ccccc1)c1cc3ccccc3o1)C2=O. The number of rotatable bonds is 6. The van der Waals surface area contributed by atoms with Crippen LogP contribution in [-0.4, -0.2) is 29.2 Å². The Morgan fingerprint density at radius 1 is 0.909 bits per heavy atom. The van der Waals surface area contributed by atoms with Crippen LogP contribution >= 0.6 is 0 Å². The molecule has 1 aromatic heterocycles. The number of amides is 3. The summed E-state index contributed by atoms with van der Waals surface area (Å²) in [5, 5.41) is 3.96. The van der Waals surface area contributed by atoms with Gasteiger partial charge in [-0.1, -0.05) is 60.2 Å². The second kappa shape index (κ2) is 8.39. The summed E-state index contributed by atoms with van der Waals surface area (Å²) in [7, 11) is 0.